The van der Waals surface area contributed by atoms with Crippen LogP contribution in [0.4, 0.5) is 4.39 Å². The van der Waals surface area contributed by atoms with Crippen molar-refractivity contribution in [3.63, 3.8) is 0 Å². The third-order valence-corrected chi connectivity index (χ3v) is 3.96. The Labute approximate surface area is 124 Å². The SMILES string of the molecule is NC(c1ccc(F)c(Br)c1)c1cccc2cnccc12. The number of nitrogens with two attached hydrogens (primary N) is 1. The predicted octanol–water partition coefficient (Wildman–Crippen LogP) is 4.18. The highest BCUT2D eigenvalue weighted by atomic mass is 79.9. The Morgan fingerprint density at radius 2 is 2.00 bits per heavy atom. The van der Waals surface area contributed by atoms with Crippen molar-refractivity contribution < 1.29 is 4.39 Å². The van der Waals surface area contributed by atoms with E-state index in [4.69, 9.17) is 5.73 Å². The fourth-order valence-electron chi connectivity index (χ4n) is 2.30. The number of nitrogens with zero attached hydrogens (tertiary/aromatic N) is 1. The number of fused-ring (bicyclic) bond motifs is 1. The minimum atomic E-state index is -0.307. The molecule has 1 aromatic heterocycles. The van der Waals surface area contributed by atoms with Crippen LogP contribution in [0.15, 0.2) is 59.3 Å². The van der Waals surface area contributed by atoms with Crippen LogP contribution in [0, 0.1) is 5.82 Å². The van der Waals surface area contributed by atoms with Crippen LogP contribution in [0.1, 0.15) is 17.2 Å². The molecule has 0 saturated heterocycles. The Kier molecular flexibility index (Phi) is 3.51. The van der Waals surface area contributed by atoms with Gasteiger partial charge in [0.2, 0.25) is 0 Å². The summed E-state index contributed by atoms with van der Waals surface area (Å²) in [5, 5.41) is 2.11. The Hall–Kier alpha value is -1.78. The summed E-state index contributed by atoms with van der Waals surface area (Å²) in [6.07, 6.45) is 3.56. The summed E-state index contributed by atoms with van der Waals surface area (Å²) in [5.41, 5.74) is 8.20. The average molecular weight is 331 g/mol. The van der Waals surface area contributed by atoms with Crippen molar-refractivity contribution in [3.05, 3.63) is 76.3 Å². The highest BCUT2D eigenvalue weighted by Crippen LogP contribution is 2.28. The Morgan fingerprint density at radius 3 is 2.80 bits per heavy atom. The van der Waals surface area contributed by atoms with Gasteiger partial charge in [-0.05, 0) is 50.6 Å². The average Bonchev–Trinajstić information content (AvgIpc) is 2.49. The van der Waals surface area contributed by atoms with Crippen LogP contribution in [0.2, 0.25) is 0 Å². The standard InChI is InChI=1S/C16H12BrFN2/c17-14-8-10(4-5-15(14)18)16(19)13-3-1-2-11-9-20-7-6-12(11)13/h1-9,16H,19H2. The van der Waals surface area contributed by atoms with Crippen molar-refractivity contribution in [2.45, 2.75) is 6.04 Å². The summed E-state index contributed by atoms with van der Waals surface area (Å²) in [5.74, 6) is -0.289. The highest BCUT2D eigenvalue weighted by molar-refractivity contribution is 9.10. The molecule has 0 spiro atoms. The number of hydrogen-bond donors (Lipinski definition) is 1. The second-order valence-corrected chi connectivity index (χ2v) is 5.45. The molecule has 3 aromatic rings. The van der Waals surface area contributed by atoms with E-state index in [9.17, 15) is 4.39 Å². The first-order valence-electron chi connectivity index (χ1n) is 6.20. The van der Waals surface area contributed by atoms with Crippen LogP contribution in [0.3, 0.4) is 0 Å². The van der Waals surface area contributed by atoms with Crippen LogP contribution < -0.4 is 5.73 Å². The van der Waals surface area contributed by atoms with Gasteiger partial charge in [-0.1, -0.05) is 24.3 Å². The monoisotopic (exact) mass is 330 g/mol. The zero-order chi connectivity index (χ0) is 14.1. The number of benzene rings is 2. The lowest BCUT2D eigenvalue weighted by Gasteiger charge is -2.15. The van der Waals surface area contributed by atoms with E-state index in [2.05, 4.69) is 20.9 Å². The molecule has 0 amide bonds. The van der Waals surface area contributed by atoms with Gasteiger partial charge in [-0.15, -0.1) is 0 Å². The molecule has 1 heterocycles. The van der Waals surface area contributed by atoms with E-state index in [0.29, 0.717) is 4.47 Å². The molecule has 1 unspecified atom stereocenters. The van der Waals surface area contributed by atoms with Crippen LogP contribution >= 0.6 is 15.9 Å². The maximum absolute atomic E-state index is 13.3. The van der Waals surface area contributed by atoms with Crippen LogP contribution in [0.25, 0.3) is 10.8 Å². The topological polar surface area (TPSA) is 38.9 Å². The quantitative estimate of drug-likeness (QED) is 0.765. The Bertz CT molecular complexity index is 768. The lowest BCUT2D eigenvalue weighted by Crippen LogP contribution is -2.12. The van der Waals surface area contributed by atoms with E-state index in [0.717, 1.165) is 21.9 Å². The Balaban J connectivity index is 2.12. The first kappa shape index (κ1) is 13.2. The minimum absolute atomic E-state index is 0.289. The molecule has 0 radical (unpaired) electrons. The summed E-state index contributed by atoms with van der Waals surface area (Å²) in [4.78, 5) is 4.11. The van der Waals surface area contributed by atoms with Crippen molar-refractivity contribution in [2.24, 2.45) is 5.73 Å². The lowest BCUT2D eigenvalue weighted by atomic mass is 9.95. The van der Waals surface area contributed by atoms with Gasteiger partial charge in [0, 0.05) is 17.8 Å². The third kappa shape index (κ3) is 2.32. The van der Waals surface area contributed by atoms with E-state index in [1.807, 2.05) is 30.5 Å². The smallest absolute Gasteiger partial charge is 0.137 e. The first-order chi connectivity index (χ1) is 9.66. The first-order valence-corrected chi connectivity index (χ1v) is 6.99. The summed E-state index contributed by atoms with van der Waals surface area (Å²) in [6.45, 7) is 0. The maximum Gasteiger partial charge on any atom is 0.137 e. The van der Waals surface area contributed by atoms with Crippen LogP contribution in [-0.2, 0) is 0 Å². The molecule has 100 valence electrons. The summed E-state index contributed by atoms with van der Waals surface area (Å²) in [7, 11) is 0. The maximum atomic E-state index is 13.3. The lowest BCUT2D eigenvalue weighted by molar-refractivity contribution is 0.619. The van der Waals surface area contributed by atoms with E-state index in [-0.39, 0.29) is 11.9 Å². The van der Waals surface area contributed by atoms with E-state index in [1.165, 1.54) is 6.07 Å². The summed E-state index contributed by atoms with van der Waals surface area (Å²) in [6, 6.07) is 12.4. The van der Waals surface area contributed by atoms with Crippen LogP contribution in [0.5, 0.6) is 0 Å². The zero-order valence-electron chi connectivity index (χ0n) is 10.6. The number of aromatic nitrogens is 1. The van der Waals surface area contributed by atoms with Crippen molar-refractivity contribution in [1.82, 2.24) is 4.98 Å². The van der Waals surface area contributed by atoms with Gasteiger partial charge in [-0.3, -0.25) is 4.98 Å². The normalized spacial score (nSPS) is 12.6. The molecule has 2 N–H and O–H groups in total. The highest BCUT2D eigenvalue weighted by Gasteiger charge is 2.13. The molecular weight excluding hydrogens is 319 g/mol. The number of rotatable bonds is 2. The molecule has 0 bridgehead atoms. The van der Waals surface area contributed by atoms with E-state index in [1.54, 1.807) is 18.3 Å². The Morgan fingerprint density at radius 1 is 1.15 bits per heavy atom. The molecule has 0 aliphatic carbocycles. The summed E-state index contributed by atoms with van der Waals surface area (Å²) < 4.78 is 13.7. The predicted molar refractivity (Wildman–Crippen MR) is 81.9 cm³/mol. The van der Waals surface area contributed by atoms with Gasteiger partial charge in [0.15, 0.2) is 0 Å². The molecule has 3 rings (SSSR count). The van der Waals surface area contributed by atoms with Crippen LogP contribution in [-0.4, -0.2) is 4.98 Å². The van der Waals surface area contributed by atoms with Crippen molar-refractivity contribution in [1.29, 1.82) is 0 Å². The molecule has 4 heteroatoms. The van der Waals surface area contributed by atoms with Gasteiger partial charge in [0.25, 0.3) is 0 Å². The fraction of sp³-hybridized carbons (Fsp3) is 0.0625. The largest absolute Gasteiger partial charge is 0.320 e. The van der Waals surface area contributed by atoms with Gasteiger partial charge < -0.3 is 5.73 Å². The molecule has 0 aliphatic rings. The van der Waals surface area contributed by atoms with E-state index < -0.39 is 0 Å². The fourth-order valence-corrected chi connectivity index (χ4v) is 2.70. The minimum Gasteiger partial charge on any atom is -0.320 e. The molecule has 0 saturated carbocycles. The molecule has 0 aliphatic heterocycles. The van der Waals surface area contributed by atoms with Crippen molar-refractivity contribution in [3.8, 4) is 0 Å². The number of pyridine rings is 1. The molecule has 2 nitrogen and oxygen atoms in total. The van der Waals surface area contributed by atoms with Crippen molar-refractivity contribution >= 4 is 26.7 Å². The molecule has 2 aromatic carbocycles. The molecule has 1 atom stereocenters. The molecular formula is C16H12BrFN2. The zero-order valence-corrected chi connectivity index (χ0v) is 12.1. The van der Waals surface area contributed by atoms with Gasteiger partial charge in [0.1, 0.15) is 5.82 Å². The molecule has 0 fully saturated rings. The second-order valence-electron chi connectivity index (χ2n) is 4.60. The molecule has 20 heavy (non-hydrogen) atoms. The number of halogens is 2. The summed E-state index contributed by atoms with van der Waals surface area (Å²) >= 11 is 3.20. The van der Waals surface area contributed by atoms with Crippen molar-refractivity contribution in [2.75, 3.05) is 0 Å². The van der Waals surface area contributed by atoms with E-state index >= 15 is 0 Å². The second kappa shape index (κ2) is 5.31. The number of hydrogen-bond acceptors (Lipinski definition) is 2. The van der Waals surface area contributed by atoms with Gasteiger partial charge in [-0.2, -0.15) is 0 Å². The van der Waals surface area contributed by atoms with Gasteiger partial charge in [0.05, 0.1) is 10.5 Å². The van der Waals surface area contributed by atoms with Gasteiger partial charge >= 0.3 is 0 Å². The van der Waals surface area contributed by atoms with Gasteiger partial charge in [-0.25, -0.2) is 4.39 Å². The third-order valence-electron chi connectivity index (χ3n) is 3.35.